The molecule has 0 atom stereocenters. The fourth-order valence-corrected chi connectivity index (χ4v) is 7.58. The molecule has 5 rings (SSSR count). The summed E-state index contributed by atoms with van der Waals surface area (Å²) >= 11 is 1.84. The van der Waals surface area contributed by atoms with Crippen molar-refractivity contribution >= 4 is 35.1 Å². The van der Waals surface area contributed by atoms with Gasteiger partial charge in [-0.05, 0) is 116 Å². The number of hydrogen-bond donors (Lipinski definition) is 2. The number of ether oxygens (including phenoxy) is 2. The summed E-state index contributed by atoms with van der Waals surface area (Å²) in [6.45, 7) is 16.9. The van der Waals surface area contributed by atoms with Gasteiger partial charge in [-0.2, -0.15) is 0 Å². The van der Waals surface area contributed by atoms with Gasteiger partial charge in [-0.15, -0.1) is 11.8 Å². The van der Waals surface area contributed by atoms with Gasteiger partial charge in [-0.25, -0.2) is 4.98 Å². The van der Waals surface area contributed by atoms with Gasteiger partial charge >= 0.3 is 0 Å². The van der Waals surface area contributed by atoms with Crippen LogP contribution in [0, 0.1) is 19.8 Å². The number of hydrogen-bond acceptors (Lipinski definition) is 6. The number of aromatic nitrogens is 2. The molecule has 7 nitrogen and oxygen atoms in total. The molecule has 3 aromatic carbocycles. The molecule has 0 unspecified atom stereocenters. The highest BCUT2D eigenvalue weighted by Gasteiger charge is 2.20. The Morgan fingerprint density at radius 2 is 1.77 bits per heavy atom. The molecule has 4 aromatic rings. The van der Waals surface area contributed by atoms with Gasteiger partial charge in [0, 0.05) is 65.8 Å². The topological polar surface area (TPSA) is 79.5 Å². The fraction of sp³-hybridized carbons (Fsp3) is 0.455. The van der Waals surface area contributed by atoms with E-state index in [1.165, 1.54) is 16.3 Å². The number of aromatic amines is 1. The zero-order valence-corrected chi connectivity index (χ0v) is 33.0. The molecular weight excluding hydrogens is 665 g/mol. The van der Waals surface area contributed by atoms with Crippen LogP contribution in [0.5, 0.6) is 5.75 Å². The first kappa shape index (κ1) is 39.2. The zero-order chi connectivity index (χ0) is 36.9. The van der Waals surface area contributed by atoms with Crippen molar-refractivity contribution in [1.29, 1.82) is 0 Å². The maximum Gasteiger partial charge on any atom is 0.251 e. The third kappa shape index (κ3) is 11.2. The molecule has 1 aliphatic rings. The Morgan fingerprint density at radius 1 is 0.962 bits per heavy atom. The molecule has 278 valence electrons. The lowest BCUT2D eigenvalue weighted by atomic mass is 9.96. The van der Waals surface area contributed by atoms with E-state index in [-0.39, 0.29) is 5.91 Å². The Hall–Kier alpha value is -4.01. The van der Waals surface area contributed by atoms with Gasteiger partial charge in [0.1, 0.15) is 18.2 Å². The molecule has 0 bridgehead atoms. The van der Waals surface area contributed by atoms with Gasteiger partial charge in [-0.3, -0.25) is 4.79 Å². The summed E-state index contributed by atoms with van der Waals surface area (Å²) in [4.78, 5) is 25.8. The highest BCUT2D eigenvalue weighted by molar-refractivity contribution is 7.99. The number of anilines is 2. The molecule has 0 saturated carbocycles. The number of carbonyl (C=O) groups excluding carboxylic acids is 1. The summed E-state index contributed by atoms with van der Waals surface area (Å²) in [5.74, 6) is 3.37. The number of unbranched alkanes of at least 4 members (excludes halogenated alkanes) is 1. The van der Waals surface area contributed by atoms with Crippen molar-refractivity contribution in [3.8, 4) is 16.9 Å². The zero-order valence-electron chi connectivity index (χ0n) is 32.1. The van der Waals surface area contributed by atoms with Gasteiger partial charge in [0.05, 0.1) is 12.3 Å². The van der Waals surface area contributed by atoms with Gasteiger partial charge < -0.3 is 24.7 Å². The molecule has 0 fully saturated rings. The molecule has 0 saturated heterocycles. The number of nitrogens with one attached hydrogen (secondary N) is 2. The molecule has 2 heterocycles. The van der Waals surface area contributed by atoms with Crippen LogP contribution in [-0.4, -0.2) is 54.5 Å². The van der Waals surface area contributed by atoms with Crippen molar-refractivity contribution in [2.75, 3.05) is 48.9 Å². The van der Waals surface area contributed by atoms with Gasteiger partial charge in [0.2, 0.25) is 0 Å². The van der Waals surface area contributed by atoms with Crippen LogP contribution >= 0.6 is 11.8 Å². The minimum absolute atomic E-state index is 0.0365. The van der Waals surface area contributed by atoms with E-state index in [4.69, 9.17) is 14.5 Å². The van der Waals surface area contributed by atoms with Crippen molar-refractivity contribution < 1.29 is 14.3 Å². The van der Waals surface area contributed by atoms with E-state index in [1.807, 2.05) is 30.0 Å². The molecule has 0 aliphatic carbocycles. The summed E-state index contributed by atoms with van der Waals surface area (Å²) in [6.07, 6.45) is 8.96. The molecule has 52 heavy (non-hydrogen) atoms. The standard InChI is InChI=1S/C44H58N4O3S/c1-7-9-23-50-24-25-51-39-17-13-34(14-18-39)35-15-19-41-37(28-35)29-36(12-10-22-48(41)30-31(3)4)44(49)46-38-16-20-42(32(5)27-38)52-26-21-40-33(6)45-43(47-40)11-8-2/h13-20,27-29,31H,7-12,21-26,30H2,1-6H3,(H,45,47)(H,46,49)/b36-29+. The van der Waals surface area contributed by atoms with Crippen molar-refractivity contribution in [2.45, 2.75) is 91.4 Å². The number of fused-ring (bicyclic) bond motifs is 1. The lowest BCUT2D eigenvalue weighted by Crippen LogP contribution is -2.30. The van der Waals surface area contributed by atoms with Crippen LogP contribution in [0.3, 0.4) is 0 Å². The predicted molar refractivity (Wildman–Crippen MR) is 219 cm³/mol. The first-order valence-corrected chi connectivity index (χ1v) is 20.2. The van der Waals surface area contributed by atoms with Crippen LogP contribution in [0.25, 0.3) is 17.2 Å². The SMILES string of the molecule is CCCCOCCOc1ccc(-c2ccc3c(c2)/C=C(/C(=O)Nc2ccc(SCCc4nc(CCC)[nH]c4C)c(C)c2)CCCN3CC(C)C)cc1. The van der Waals surface area contributed by atoms with E-state index in [9.17, 15) is 4.79 Å². The van der Waals surface area contributed by atoms with E-state index in [2.05, 4.69) is 105 Å². The number of benzene rings is 3. The highest BCUT2D eigenvalue weighted by Crippen LogP contribution is 2.34. The number of aryl methyl sites for hydroxylation is 4. The maximum atomic E-state index is 13.8. The number of carbonyl (C=O) groups is 1. The van der Waals surface area contributed by atoms with Crippen LogP contribution in [-0.2, 0) is 22.4 Å². The third-order valence-corrected chi connectivity index (χ3v) is 10.5. The van der Waals surface area contributed by atoms with Crippen molar-refractivity contribution in [1.82, 2.24) is 9.97 Å². The van der Waals surface area contributed by atoms with Gasteiger partial charge in [0.25, 0.3) is 5.91 Å². The van der Waals surface area contributed by atoms with Gasteiger partial charge in [0.15, 0.2) is 0 Å². The van der Waals surface area contributed by atoms with E-state index in [1.54, 1.807) is 0 Å². The lowest BCUT2D eigenvalue weighted by molar-refractivity contribution is -0.112. The Morgan fingerprint density at radius 3 is 2.52 bits per heavy atom. The molecular formula is C44H58N4O3S. The third-order valence-electron chi connectivity index (χ3n) is 9.33. The van der Waals surface area contributed by atoms with Crippen LogP contribution < -0.4 is 15.0 Å². The molecule has 8 heteroatoms. The second-order valence-corrected chi connectivity index (χ2v) is 15.4. The van der Waals surface area contributed by atoms with Crippen LogP contribution in [0.15, 0.2) is 71.1 Å². The molecule has 1 aliphatic heterocycles. The molecule has 0 spiro atoms. The second-order valence-electron chi connectivity index (χ2n) is 14.3. The van der Waals surface area contributed by atoms with E-state index in [0.717, 1.165) is 121 Å². The van der Waals surface area contributed by atoms with Crippen molar-refractivity contribution in [3.05, 3.63) is 94.6 Å². The van der Waals surface area contributed by atoms with Crippen LogP contribution in [0.4, 0.5) is 11.4 Å². The Bertz CT molecular complexity index is 1780. The number of nitrogens with zero attached hydrogens (tertiary/aromatic N) is 2. The minimum Gasteiger partial charge on any atom is -0.491 e. The van der Waals surface area contributed by atoms with E-state index >= 15 is 0 Å². The van der Waals surface area contributed by atoms with Crippen LogP contribution in [0.2, 0.25) is 0 Å². The average Bonchev–Trinajstić information content (AvgIpc) is 3.47. The largest absolute Gasteiger partial charge is 0.491 e. The smallest absolute Gasteiger partial charge is 0.251 e. The predicted octanol–water partition coefficient (Wildman–Crippen LogP) is 10.5. The first-order chi connectivity index (χ1) is 25.2. The number of rotatable bonds is 18. The monoisotopic (exact) mass is 722 g/mol. The lowest BCUT2D eigenvalue weighted by Gasteiger charge is -2.30. The summed E-state index contributed by atoms with van der Waals surface area (Å²) in [6, 6.07) is 21.1. The Kier molecular flexibility index (Phi) is 14.9. The van der Waals surface area contributed by atoms with Crippen LogP contribution in [0.1, 0.15) is 88.1 Å². The Labute approximate surface area is 316 Å². The normalized spacial score (nSPS) is 14.1. The maximum absolute atomic E-state index is 13.8. The fourth-order valence-electron chi connectivity index (χ4n) is 6.62. The molecule has 1 amide bonds. The molecule has 2 N–H and O–H groups in total. The number of H-pyrrole nitrogens is 1. The van der Waals surface area contributed by atoms with Crippen molar-refractivity contribution in [3.63, 3.8) is 0 Å². The molecule has 0 radical (unpaired) electrons. The summed E-state index contributed by atoms with van der Waals surface area (Å²) in [5.41, 5.74) is 9.60. The second kappa shape index (κ2) is 19.7. The minimum atomic E-state index is -0.0365. The van der Waals surface area contributed by atoms with E-state index < -0.39 is 0 Å². The quantitative estimate of drug-likeness (QED) is 0.0786. The summed E-state index contributed by atoms with van der Waals surface area (Å²) in [5, 5.41) is 3.22. The highest BCUT2D eigenvalue weighted by atomic mass is 32.2. The van der Waals surface area contributed by atoms with E-state index in [0.29, 0.717) is 19.1 Å². The average molecular weight is 723 g/mol. The summed E-state index contributed by atoms with van der Waals surface area (Å²) < 4.78 is 11.5. The summed E-state index contributed by atoms with van der Waals surface area (Å²) in [7, 11) is 0. The number of imidazole rings is 1. The number of thioether (sulfide) groups is 1. The number of amides is 1. The first-order valence-electron chi connectivity index (χ1n) is 19.2. The molecule has 1 aromatic heterocycles. The van der Waals surface area contributed by atoms with Crippen molar-refractivity contribution in [2.24, 2.45) is 5.92 Å². The van der Waals surface area contributed by atoms with Gasteiger partial charge in [-0.1, -0.05) is 52.3 Å². The Balaban J connectivity index is 1.27.